The number of hydrogen-bond acceptors (Lipinski definition) is 5. The number of carbonyl (C=O) groups excluding carboxylic acids is 1. The number of methoxy groups -OCH3 is 1. The molecule has 1 heterocycles. The minimum atomic E-state index is -0.369. The molecule has 0 bridgehead atoms. The van der Waals surface area contributed by atoms with Crippen molar-refractivity contribution in [2.24, 2.45) is 0 Å². The standard InChI is InChI=1S/C11H19N3O3/c1-12-4-3-6-17-7-5-14-9-10(8-13-14)11(15)16-2/h8-9,12H,3-7H2,1-2H3. The van der Waals surface area contributed by atoms with Crippen molar-refractivity contribution in [1.29, 1.82) is 0 Å². The Morgan fingerprint density at radius 1 is 1.53 bits per heavy atom. The van der Waals surface area contributed by atoms with Gasteiger partial charge in [0.15, 0.2) is 0 Å². The van der Waals surface area contributed by atoms with Gasteiger partial charge in [-0.2, -0.15) is 5.10 Å². The van der Waals surface area contributed by atoms with Crippen LogP contribution in [0.25, 0.3) is 0 Å². The van der Waals surface area contributed by atoms with Gasteiger partial charge in [-0.05, 0) is 20.0 Å². The highest BCUT2D eigenvalue weighted by Crippen LogP contribution is 1.99. The molecule has 0 saturated carbocycles. The van der Waals surface area contributed by atoms with Gasteiger partial charge in [0.05, 0.1) is 32.0 Å². The fourth-order valence-corrected chi connectivity index (χ4v) is 1.32. The Kier molecular flexibility index (Phi) is 6.27. The number of nitrogens with zero attached hydrogens (tertiary/aromatic N) is 2. The van der Waals surface area contributed by atoms with Crippen LogP contribution in [0.4, 0.5) is 0 Å². The van der Waals surface area contributed by atoms with Crippen LogP contribution in [0.1, 0.15) is 16.8 Å². The van der Waals surface area contributed by atoms with Crippen LogP contribution in [-0.2, 0) is 16.0 Å². The molecule has 1 rings (SSSR count). The molecule has 0 radical (unpaired) electrons. The van der Waals surface area contributed by atoms with Gasteiger partial charge >= 0.3 is 5.97 Å². The predicted octanol–water partition coefficient (Wildman–Crippen LogP) is 0.296. The van der Waals surface area contributed by atoms with E-state index in [1.54, 1.807) is 10.9 Å². The molecule has 0 amide bonds. The highest BCUT2D eigenvalue weighted by molar-refractivity contribution is 5.88. The zero-order valence-electron chi connectivity index (χ0n) is 10.3. The van der Waals surface area contributed by atoms with Crippen molar-refractivity contribution in [2.75, 3.05) is 33.9 Å². The fourth-order valence-electron chi connectivity index (χ4n) is 1.32. The molecule has 0 aliphatic heterocycles. The van der Waals surface area contributed by atoms with Gasteiger partial charge in [-0.25, -0.2) is 4.79 Å². The van der Waals surface area contributed by atoms with E-state index in [0.717, 1.165) is 19.6 Å². The molecule has 1 aromatic rings. The van der Waals surface area contributed by atoms with Crippen LogP contribution >= 0.6 is 0 Å². The summed E-state index contributed by atoms with van der Waals surface area (Å²) in [5, 5.41) is 7.09. The van der Waals surface area contributed by atoms with Gasteiger partial charge in [0.2, 0.25) is 0 Å². The number of carbonyl (C=O) groups is 1. The van der Waals surface area contributed by atoms with Gasteiger partial charge in [-0.1, -0.05) is 0 Å². The maximum atomic E-state index is 11.2. The molecule has 96 valence electrons. The second-order valence-corrected chi connectivity index (χ2v) is 3.55. The lowest BCUT2D eigenvalue weighted by molar-refractivity contribution is 0.0600. The summed E-state index contributed by atoms with van der Waals surface area (Å²) in [6.45, 7) is 2.91. The van der Waals surface area contributed by atoms with Crippen molar-refractivity contribution >= 4 is 5.97 Å². The number of ether oxygens (including phenoxy) is 2. The van der Waals surface area contributed by atoms with Crippen molar-refractivity contribution in [3.63, 3.8) is 0 Å². The fraction of sp³-hybridized carbons (Fsp3) is 0.636. The Bertz CT molecular complexity index is 338. The second-order valence-electron chi connectivity index (χ2n) is 3.55. The summed E-state index contributed by atoms with van der Waals surface area (Å²) < 4.78 is 11.7. The zero-order chi connectivity index (χ0) is 12.5. The molecule has 0 aliphatic rings. The maximum Gasteiger partial charge on any atom is 0.341 e. The first-order chi connectivity index (χ1) is 8.27. The largest absolute Gasteiger partial charge is 0.465 e. The quantitative estimate of drug-likeness (QED) is 0.523. The third-order valence-electron chi connectivity index (χ3n) is 2.23. The molecule has 0 spiro atoms. The van der Waals surface area contributed by atoms with Crippen molar-refractivity contribution < 1.29 is 14.3 Å². The molecule has 17 heavy (non-hydrogen) atoms. The normalized spacial score (nSPS) is 10.5. The Hall–Kier alpha value is -1.40. The second kappa shape index (κ2) is 7.81. The average Bonchev–Trinajstić information content (AvgIpc) is 2.81. The molecule has 0 atom stereocenters. The smallest absolute Gasteiger partial charge is 0.341 e. The minimum Gasteiger partial charge on any atom is -0.465 e. The van der Waals surface area contributed by atoms with Gasteiger partial charge in [-0.15, -0.1) is 0 Å². The first-order valence-electron chi connectivity index (χ1n) is 5.61. The van der Waals surface area contributed by atoms with Gasteiger partial charge in [-0.3, -0.25) is 4.68 Å². The van der Waals surface area contributed by atoms with Crippen LogP contribution in [0.3, 0.4) is 0 Å². The zero-order valence-corrected chi connectivity index (χ0v) is 10.3. The first-order valence-corrected chi connectivity index (χ1v) is 5.61. The lowest BCUT2D eigenvalue weighted by Crippen LogP contribution is -2.12. The number of hydrogen-bond donors (Lipinski definition) is 1. The molecule has 0 aliphatic carbocycles. The Labute approximate surface area is 101 Å². The van der Waals surface area contributed by atoms with E-state index in [4.69, 9.17) is 4.74 Å². The average molecular weight is 241 g/mol. The summed E-state index contributed by atoms with van der Waals surface area (Å²) in [5.41, 5.74) is 0.461. The predicted molar refractivity (Wildman–Crippen MR) is 62.9 cm³/mol. The topological polar surface area (TPSA) is 65.4 Å². The molecule has 0 unspecified atom stereocenters. The highest BCUT2D eigenvalue weighted by Gasteiger charge is 2.07. The monoisotopic (exact) mass is 241 g/mol. The molecule has 0 aromatic carbocycles. The van der Waals surface area contributed by atoms with E-state index in [2.05, 4.69) is 15.2 Å². The summed E-state index contributed by atoms with van der Waals surface area (Å²) in [6.07, 6.45) is 4.14. The summed E-state index contributed by atoms with van der Waals surface area (Å²) in [5.74, 6) is -0.369. The minimum absolute atomic E-state index is 0.369. The number of esters is 1. The maximum absolute atomic E-state index is 11.2. The van der Waals surface area contributed by atoms with E-state index in [1.165, 1.54) is 13.3 Å². The van der Waals surface area contributed by atoms with Crippen molar-refractivity contribution in [3.05, 3.63) is 18.0 Å². The van der Waals surface area contributed by atoms with E-state index in [-0.39, 0.29) is 5.97 Å². The Balaban J connectivity index is 2.19. The van der Waals surface area contributed by atoms with E-state index < -0.39 is 0 Å². The molecule has 6 heteroatoms. The van der Waals surface area contributed by atoms with E-state index in [9.17, 15) is 4.79 Å². The van der Waals surface area contributed by atoms with Crippen LogP contribution in [0.2, 0.25) is 0 Å². The summed E-state index contributed by atoms with van der Waals surface area (Å²) >= 11 is 0. The third kappa shape index (κ3) is 4.97. The van der Waals surface area contributed by atoms with Crippen LogP contribution in [0.5, 0.6) is 0 Å². The third-order valence-corrected chi connectivity index (χ3v) is 2.23. The molecule has 0 fully saturated rings. The SMILES string of the molecule is CNCCCOCCn1cc(C(=O)OC)cn1. The summed E-state index contributed by atoms with van der Waals surface area (Å²) in [6, 6.07) is 0. The van der Waals surface area contributed by atoms with Gasteiger partial charge in [0, 0.05) is 12.8 Å². The molecule has 1 N–H and O–H groups in total. The first kappa shape index (κ1) is 13.7. The van der Waals surface area contributed by atoms with Gasteiger partial charge in [0.25, 0.3) is 0 Å². The van der Waals surface area contributed by atoms with Crippen LogP contribution in [0, 0.1) is 0 Å². The number of aromatic nitrogens is 2. The van der Waals surface area contributed by atoms with Crippen molar-refractivity contribution in [2.45, 2.75) is 13.0 Å². The summed E-state index contributed by atoms with van der Waals surface area (Å²) in [4.78, 5) is 11.2. The van der Waals surface area contributed by atoms with Crippen LogP contribution < -0.4 is 5.32 Å². The molecular weight excluding hydrogens is 222 g/mol. The Morgan fingerprint density at radius 2 is 2.35 bits per heavy atom. The molecule has 6 nitrogen and oxygen atoms in total. The van der Waals surface area contributed by atoms with Gasteiger partial charge < -0.3 is 14.8 Å². The van der Waals surface area contributed by atoms with E-state index in [0.29, 0.717) is 18.7 Å². The lowest BCUT2D eigenvalue weighted by atomic mass is 10.4. The number of nitrogens with one attached hydrogen (secondary N) is 1. The van der Waals surface area contributed by atoms with Crippen LogP contribution in [-0.4, -0.2) is 49.7 Å². The van der Waals surface area contributed by atoms with Crippen molar-refractivity contribution in [3.8, 4) is 0 Å². The van der Waals surface area contributed by atoms with Crippen molar-refractivity contribution in [1.82, 2.24) is 15.1 Å². The lowest BCUT2D eigenvalue weighted by Gasteiger charge is -2.04. The van der Waals surface area contributed by atoms with E-state index in [1.807, 2.05) is 7.05 Å². The van der Waals surface area contributed by atoms with Crippen LogP contribution in [0.15, 0.2) is 12.4 Å². The molecule has 0 saturated heterocycles. The molecule has 1 aromatic heterocycles. The number of rotatable bonds is 8. The summed E-state index contributed by atoms with van der Waals surface area (Å²) in [7, 11) is 3.27. The highest BCUT2D eigenvalue weighted by atomic mass is 16.5. The van der Waals surface area contributed by atoms with E-state index >= 15 is 0 Å². The Morgan fingerprint density at radius 3 is 3.06 bits per heavy atom. The molecular formula is C11H19N3O3. The van der Waals surface area contributed by atoms with Gasteiger partial charge in [0.1, 0.15) is 0 Å².